The molecule has 1 aliphatic heterocycles. The van der Waals surface area contributed by atoms with Gasteiger partial charge in [-0.2, -0.15) is 11.8 Å². The first-order chi connectivity index (χ1) is 8.29. The molecule has 17 heavy (non-hydrogen) atoms. The first-order valence-electron chi connectivity index (χ1n) is 6.20. The van der Waals surface area contributed by atoms with Gasteiger partial charge in [0.05, 0.1) is 17.2 Å². The second-order valence-electron chi connectivity index (χ2n) is 4.87. The van der Waals surface area contributed by atoms with Gasteiger partial charge < -0.3 is 10.0 Å². The van der Waals surface area contributed by atoms with Gasteiger partial charge in [0.15, 0.2) is 5.13 Å². The van der Waals surface area contributed by atoms with Gasteiger partial charge in [-0.15, -0.1) is 0 Å². The lowest BCUT2D eigenvalue weighted by Crippen LogP contribution is -2.31. The van der Waals surface area contributed by atoms with Crippen molar-refractivity contribution in [2.45, 2.75) is 37.8 Å². The van der Waals surface area contributed by atoms with Crippen LogP contribution < -0.4 is 4.90 Å². The highest BCUT2D eigenvalue weighted by Gasteiger charge is 2.31. The predicted octanol–water partition coefficient (Wildman–Crippen LogP) is 2.45. The number of rotatable bonds is 4. The molecule has 94 valence electrons. The molecule has 1 N–H and O–H groups in total. The first kappa shape index (κ1) is 11.8. The smallest absolute Gasteiger partial charge is 0.185 e. The Morgan fingerprint density at radius 2 is 2.24 bits per heavy atom. The molecule has 1 saturated heterocycles. The van der Waals surface area contributed by atoms with Gasteiger partial charge in [-0.1, -0.05) is 11.3 Å². The van der Waals surface area contributed by atoms with E-state index in [9.17, 15) is 5.11 Å². The summed E-state index contributed by atoms with van der Waals surface area (Å²) in [6.45, 7) is 0.150. The molecule has 0 aromatic carbocycles. The Labute approximate surface area is 110 Å². The summed E-state index contributed by atoms with van der Waals surface area (Å²) in [4.78, 5) is 8.16. The van der Waals surface area contributed by atoms with Gasteiger partial charge >= 0.3 is 0 Å². The van der Waals surface area contributed by atoms with E-state index in [4.69, 9.17) is 4.98 Å². The third-order valence-corrected chi connectivity index (χ3v) is 5.87. The molecule has 1 aliphatic carbocycles. The third kappa shape index (κ3) is 2.33. The fraction of sp³-hybridized carbons (Fsp3) is 0.750. The van der Waals surface area contributed by atoms with E-state index in [0.717, 1.165) is 10.0 Å². The molecular weight excluding hydrogens is 252 g/mol. The number of anilines is 1. The third-order valence-electron chi connectivity index (χ3n) is 3.58. The highest BCUT2D eigenvalue weighted by Crippen LogP contribution is 2.44. The molecule has 0 spiro atoms. The molecule has 0 bridgehead atoms. The van der Waals surface area contributed by atoms with Crippen molar-refractivity contribution in [1.82, 2.24) is 4.98 Å². The summed E-state index contributed by atoms with van der Waals surface area (Å²) in [7, 11) is 2.15. The van der Waals surface area contributed by atoms with Crippen molar-refractivity contribution in [2.24, 2.45) is 0 Å². The van der Waals surface area contributed by atoms with Crippen LogP contribution in [0.4, 0.5) is 5.13 Å². The number of aliphatic hydroxyl groups excluding tert-OH is 1. The lowest BCUT2D eigenvalue weighted by atomic mass is 10.2. The van der Waals surface area contributed by atoms with Crippen LogP contribution in [-0.2, 0) is 6.61 Å². The molecule has 1 unspecified atom stereocenters. The van der Waals surface area contributed by atoms with Crippen LogP contribution in [0.15, 0.2) is 0 Å². The molecule has 2 fully saturated rings. The van der Waals surface area contributed by atoms with Gasteiger partial charge in [0.1, 0.15) is 0 Å². The number of thiazole rings is 1. The van der Waals surface area contributed by atoms with Crippen molar-refractivity contribution >= 4 is 28.2 Å². The number of nitrogens with zero attached hydrogens (tertiary/aromatic N) is 2. The van der Waals surface area contributed by atoms with Crippen molar-refractivity contribution in [3.8, 4) is 0 Å². The Hall–Kier alpha value is -0.260. The van der Waals surface area contributed by atoms with Crippen molar-refractivity contribution < 1.29 is 5.11 Å². The van der Waals surface area contributed by atoms with Gasteiger partial charge in [-0.3, -0.25) is 0 Å². The van der Waals surface area contributed by atoms with E-state index in [0.29, 0.717) is 12.0 Å². The zero-order chi connectivity index (χ0) is 11.8. The van der Waals surface area contributed by atoms with E-state index in [-0.39, 0.29) is 6.61 Å². The molecule has 5 heteroatoms. The topological polar surface area (TPSA) is 36.4 Å². The lowest BCUT2D eigenvalue weighted by molar-refractivity contribution is 0.284. The van der Waals surface area contributed by atoms with Gasteiger partial charge in [0, 0.05) is 24.8 Å². The molecule has 2 aliphatic rings. The average Bonchev–Trinajstić information content (AvgIpc) is 2.91. The monoisotopic (exact) mass is 270 g/mol. The molecule has 0 amide bonds. The van der Waals surface area contributed by atoms with Crippen LogP contribution in [0, 0.1) is 0 Å². The second kappa shape index (κ2) is 4.78. The van der Waals surface area contributed by atoms with Crippen molar-refractivity contribution in [1.29, 1.82) is 0 Å². The van der Waals surface area contributed by atoms with Gasteiger partial charge in [0.2, 0.25) is 0 Å². The van der Waals surface area contributed by atoms with E-state index in [2.05, 4.69) is 11.9 Å². The highest BCUT2D eigenvalue weighted by molar-refractivity contribution is 7.99. The predicted molar refractivity (Wildman–Crippen MR) is 74.1 cm³/mol. The summed E-state index contributed by atoms with van der Waals surface area (Å²) in [6.07, 6.45) is 3.76. The highest BCUT2D eigenvalue weighted by atomic mass is 32.2. The van der Waals surface area contributed by atoms with Gasteiger partial charge in [0.25, 0.3) is 0 Å². The second-order valence-corrected chi connectivity index (χ2v) is 7.08. The van der Waals surface area contributed by atoms with Crippen molar-refractivity contribution in [2.75, 3.05) is 23.5 Å². The summed E-state index contributed by atoms with van der Waals surface area (Å²) >= 11 is 3.70. The maximum absolute atomic E-state index is 9.40. The van der Waals surface area contributed by atoms with E-state index < -0.39 is 0 Å². The van der Waals surface area contributed by atoms with Crippen molar-refractivity contribution in [3.05, 3.63) is 10.6 Å². The molecule has 1 aromatic heterocycles. The number of hydrogen-bond donors (Lipinski definition) is 1. The summed E-state index contributed by atoms with van der Waals surface area (Å²) in [6, 6.07) is 0.629. The van der Waals surface area contributed by atoms with E-state index in [1.165, 1.54) is 36.5 Å². The standard InChI is InChI=1S/C12H18N2OS2/c1-14(9-4-5-16-7-9)12-13-11(8-2-3-8)10(6-15)17-12/h8-9,15H,2-7H2,1H3. The van der Waals surface area contributed by atoms with Crippen LogP contribution in [0.2, 0.25) is 0 Å². The molecule has 2 heterocycles. The van der Waals surface area contributed by atoms with Crippen molar-refractivity contribution in [3.63, 3.8) is 0 Å². The van der Waals surface area contributed by atoms with E-state index >= 15 is 0 Å². The summed E-state index contributed by atoms with van der Waals surface area (Å²) in [5, 5.41) is 10.5. The quantitative estimate of drug-likeness (QED) is 0.912. The van der Waals surface area contributed by atoms with Crippen LogP contribution in [0.1, 0.15) is 35.8 Å². The normalized spacial score (nSPS) is 24.2. The number of thioether (sulfide) groups is 1. The summed E-state index contributed by atoms with van der Waals surface area (Å²) < 4.78 is 0. The number of aromatic nitrogens is 1. The minimum Gasteiger partial charge on any atom is -0.391 e. The Balaban J connectivity index is 1.81. The summed E-state index contributed by atoms with van der Waals surface area (Å²) in [5.41, 5.74) is 1.17. The van der Waals surface area contributed by atoms with Crippen LogP contribution >= 0.6 is 23.1 Å². The molecule has 0 radical (unpaired) electrons. The van der Waals surface area contributed by atoms with Gasteiger partial charge in [-0.05, 0) is 25.0 Å². The SMILES string of the molecule is CN(c1nc(C2CC2)c(CO)s1)C1CCSC1. The zero-order valence-corrected chi connectivity index (χ0v) is 11.7. The number of aliphatic hydroxyl groups is 1. The Kier molecular flexibility index (Phi) is 3.32. The summed E-state index contributed by atoms with van der Waals surface area (Å²) in [5.74, 6) is 3.11. The minimum absolute atomic E-state index is 0.150. The van der Waals surface area contributed by atoms with Gasteiger partial charge in [-0.25, -0.2) is 4.98 Å². The molecule has 1 saturated carbocycles. The largest absolute Gasteiger partial charge is 0.391 e. The number of hydrogen-bond acceptors (Lipinski definition) is 5. The molecule has 3 rings (SSSR count). The van der Waals surface area contributed by atoms with Crippen LogP contribution in [0.3, 0.4) is 0 Å². The molecule has 1 atom stereocenters. The lowest BCUT2D eigenvalue weighted by Gasteiger charge is -2.22. The van der Waals surface area contributed by atoms with Crippen LogP contribution in [0.5, 0.6) is 0 Å². The van der Waals surface area contributed by atoms with Crippen LogP contribution in [-0.4, -0.2) is 34.7 Å². The van der Waals surface area contributed by atoms with E-state index in [1.807, 2.05) is 11.8 Å². The fourth-order valence-electron chi connectivity index (χ4n) is 2.27. The maximum atomic E-state index is 9.40. The fourth-order valence-corrected chi connectivity index (χ4v) is 4.58. The Morgan fingerprint density at radius 1 is 1.41 bits per heavy atom. The zero-order valence-electron chi connectivity index (χ0n) is 10.1. The van der Waals surface area contributed by atoms with E-state index in [1.54, 1.807) is 11.3 Å². The Morgan fingerprint density at radius 3 is 2.82 bits per heavy atom. The molecule has 3 nitrogen and oxygen atoms in total. The maximum Gasteiger partial charge on any atom is 0.185 e. The molecular formula is C12H18N2OS2. The minimum atomic E-state index is 0.150. The van der Waals surface area contributed by atoms with Crippen LogP contribution in [0.25, 0.3) is 0 Å². The molecule has 1 aromatic rings. The average molecular weight is 270 g/mol. The first-order valence-corrected chi connectivity index (χ1v) is 8.17. The Bertz CT molecular complexity index is 397.